The predicted octanol–water partition coefficient (Wildman–Crippen LogP) is 2.62. The minimum atomic E-state index is -3.81. The first-order chi connectivity index (χ1) is 11.0. The molecule has 1 fully saturated rings. The van der Waals surface area contributed by atoms with Crippen LogP contribution in [-0.4, -0.2) is 24.3 Å². The Morgan fingerprint density at radius 3 is 2.83 bits per heavy atom. The fourth-order valence-corrected chi connectivity index (χ4v) is 4.48. The van der Waals surface area contributed by atoms with Gasteiger partial charge in [0.25, 0.3) is 0 Å². The number of hydrogen-bond donors (Lipinski definition) is 0. The highest BCUT2D eigenvalue weighted by Gasteiger charge is 2.37. The summed E-state index contributed by atoms with van der Waals surface area (Å²) in [7, 11) is -3.81. The largest absolute Gasteiger partial charge is 0.260 e. The Balaban J connectivity index is 2.01. The molecule has 0 radical (unpaired) electrons. The van der Waals surface area contributed by atoms with Gasteiger partial charge in [-0.2, -0.15) is 9.57 Å². The molecule has 0 spiro atoms. The van der Waals surface area contributed by atoms with Gasteiger partial charge in [0.05, 0.1) is 22.2 Å². The lowest BCUT2D eigenvalue weighted by Gasteiger charge is -2.23. The molecule has 0 saturated carbocycles. The molecular weight excluding hydrogens is 317 g/mol. The summed E-state index contributed by atoms with van der Waals surface area (Å²) in [6.45, 7) is 0.378. The van der Waals surface area contributed by atoms with Gasteiger partial charge in [-0.1, -0.05) is 6.07 Å². The molecule has 0 amide bonds. The Morgan fingerprint density at radius 1 is 1.30 bits per heavy atom. The molecule has 118 valence electrons. The molecule has 7 heteroatoms. The molecule has 1 atom stereocenters. The summed E-state index contributed by atoms with van der Waals surface area (Å²) in [4.78, 5) is 4.18. The Kier molecular flexibility index (Phi) is 4.11. The van der Waals surface area contributed by atoms with Crippen LogP contribution in [0.2, 0.25) is 0 Å². The van der Waals surface area contributed by atoms with Gasteiger partial charge in [0.1, 0.15) is 11.9 Å². The van der Waals surface area contributed by atoms with Gasteiger partial charge in [0, 0.05) is 12.7 Å². The predicted molar refractivity (Wildman–Crippen MR) is 81.2 cm³/mol. The van der Waals surface area contributed by atoms with Crippen LogP contribution >= 0.6 is 0 Å². The molecular formula is C16H14FN3O2S. The summed E-state index contributed by atoms with van der Waals surface area (Å²) >= 11 is 0. The molecule has 1 aromatic heterocycles. The Hall–Kier alpha value is -2.30. The highest BCUT2D eigenvalue weighted by Crippen LogP contribution is 2.35. The number of pyridine rings is 1. The van der Waals surface area contributed by atoms with Crippen LogP contribution in [0, 0.1) is 17.1 Å². The maximum absolute atomic E-state index is 13.4. The number of hydrogen-bond acceptors (Lipinski definition) is 4. The number of halogens is 1. The van der Waals surface area contributed by atoms with Crippen molar-refractivity contribution in [3.8, 4) is 6.07 Å². The maximum atomic E-state index is 13.4. The Morgan fingerprint density at radius 2 is 2.13 bits per heavy atom. The van der Waals surface area contributed by atoms with E-state index < -0.39 is 15.8 Å². The van der Waals surface area contributed by atoms with Gasteiger partial charge in [-0.15, -0.1) is 0 Å². The zero-order valence-electron chi connectivity index (χ0n) is 12.2. The second-order valence-electron chi connectivity index (χ2n) is 5.28. The molecule has 2 aromatic rings. The van der Waals surface area contributed by atoms with E-state index in [1.165, 1.54) is 10.4 Å². The van der Waals surface area contributed by atoms with E-state index in [0.29, 0.717) is 18.7 Å². The van der Waals surface area contributed by atoms with E-state index in [4.69, 9.17) is 5.26 Å². The SMILES string of the molecule is N#Cc1cc(S(=O)(=O)N2CCC[C@@H]2c2ccccn2)ccc1F. The van der Waals surface area contributed by atoms with Crippen molar-refractivity contribution >= 4 is 10.0 Å². The lowest BCUT2D eigenvalue weighted by atomic mass is 10.1. The highest BCUT2D eigenvalue weighted by atomic mass is 32.2. The molecule has 0 N–H and O–H groups in total. The molecule has 0 bridgehead atoms. The second-order valence-corrected chi connectivity index (χ2v) is 7.17. The molecule has 23 heavy (non-hydrogen) atoms. The average Bonchev–Trinajstić information content (AvgIpc) is 3.06. The molecule has 5 nitrogen and oxygen atoms in total. The van der Waals surface area contributed by atoms with Gasteiger partial charge in [0.2, 0.25) is 10.0 Å². The minimum Gasteiger partial charge on any atom is -0.260 e. The number of aromatic nitrogens is 1. The van der Waals surface area contributed by atoms with Gasteiger partial charge >= 0.3 is 0 Å². The fraction of sp³-hybridized carbons (Fsp3) is 0.250. The number of rotatable bonds is 3. The normalized spacial score (nSPS) is 18.7. The highest BCUT2D eigenvalue weighted by molar-refractivity contribution is 7.89. The number of sulfonamides is 1. The summed E-state index contributed by atoms with van der Waals surface area (Å²) in [5, 5.41) is 8.90. The third-order valence-electron chi connectivity index (χ3n) is 3.90. The quantitative estimate of drug-likeness (QED) is 0.866. The molecule has 3 rings (SSSR count). The molecule has 1 aromatic carbocycles. The van der Waals surface area contributed by atoms with Crippen molar-refractivity contribution in [2.45, 2.75) is 23.8 Å². The van der Waals surface area contributed by atoms with Crippen molar-refractivity contribution in [1.29, 1.82) is 5.26 Å². The minimum absolute atomic E-state index is 0.0710. The maximum Gasteiger partial charge on any atom is 0.243 e. The van der Waals surface area contributed by atoms with E-state index >= 15 is 0 Å². The van der Waals surface area contributed by atoms with Crippen LogP contribution in [0.4, 0.5) is 4.39 Å². The molecule has 0 unspecified atom stereocenters. The van der Waals surface area contributed by atoms with E-state index in [1.807, 2.05) is 6.07 Å². The van der Waals surface area contributed by atoms with E-state index in [0.717, 1.165) is 18.6 Å². The number of benzene rings is 1. The fourth-order valence-electron chi connectivity index (χ4n) is 2.78. The van der Waals surface area contributed by atoms with Crippen LogP contribution in [0.15, 0.2) is 47.5 Å². The lowest BCUT2D eigenvalue weighted by molar-refractivity contribution is 0.390. The van der Waals surface area contributed by atoms with Crippen LogP contribution < -0.4 is 0 Å². The van der Waals surface area contributed by atoms with Gasteiger partial charge in [0.15, 0.2) is 0 Å². The van der Waals surface area contributed by atoms with Crippen molar-refractivity contribution in [3.63, 3.8) is 0 Å². The van der Waals surface area contributed by atoms with E-state index in [-0.39, 0.29) is 16.5 Å². The van der Waals surface area contributed by atoms with E-state index in [9.17, 15) is 12.8 Å². The van der Waals surface area contributed by atoms with E-state index in [1.54, 1.807) is 24.4 Å². The molecule has 1 aliphatic rings. The van der Waals surface area contributed by atoms with Crippen molar-refractivity contribution < 1.29 is 12.8 Å². The first-order valence-electron chi connectivity index (χ1n) is 7.16. The van der Waals surface area contributed by atoms with Gasteiger partial charge in [-0.05, 0) is 43.2 Å². The molecule has 0 aliphatic carbocycles. The zero-order chi connectivity index (χ0) is 16.4. The van der Waals surface area contributed by atoms with Crippen LogP contribution in [0.3, 0.4) is 0 Å². The van der Waals surface area contributed by atoms with Crippen LogP contribution in [0.25, 0.3) is 0 Å². The molecule has 1 saturated heterocycles. The lowest BCUT2D eigenvalue weighted by Crippen LogP contribution is -2.31. The monoisotopic (exact) mass is 331 g/mol. The number of nitrogens with zero attached hydrogens (tertiary/aromatic N) is 3. The average molecular weight is 331 g/mol. The Bertz CT molecular complexity index is 863. The summed E-state index contributed by atoms with van der Waals surface area (Å²) in [5.41, 5.74) is 0.413. The van der Waals surface area contributed by atoms with Crippen LogP contribution in [0.1, 0.15) is 30.1 Å². The topological polar surface area (TPSA) is 74.1 Å². The summed E-state index contributed by atoms with van der Waals surface area (Å²) in [6.07, 6.45) is 3.04. The van der Waals surface area contributed by atoms with Crippen LogP contribution in [-0.2, 0) is 10.0 Å². The Labute approximate surface area is 134 Å². The van der Waals surface area contributed by atoms with Gasteiger partial charge in [-0.3, -0.25) is 4.98 Å². The van der Waals surface area contributed by atoms with Gasteiger partial charge in [-0.25, -0.2) is 12.8 Å². The second kappa shape index (κ2) is 6.07. The van der Waals surface area contributed by atoms with E-state index in [2.05, 4.69) is 4.98 Å². The summed E-state index contributed by atoms with van der Waals surface area (Å²) < 4.78 is 40.5. The molecule has 2 heterocycles. The van der Waals surface area contributed by atoms with Gasteiger partial charge < -0.3 is 0 Å². The van der Waals surface area contributed by atoms with Crippen LogP contribution in [0.5, 0.6) is 0 Å². The standard InChI is InChI=1S/C16H14FN3O2S/c17-14-7-6-13(10-12(14)11-18)23(21,22)20-9-3-5-16(20)15-4-1-2-8-19-15/h1-2,4,6-8,10,16H,3,5,9H2/t16-/m1/s1. The van der Waals surface area contributed by atoms with Crippen molar-refractivity contribution in [1.82, 2.24) is 9.29 Å². The smallest absolute Gasteiger partial charge is 0.243 e. The van der Waals surface area contributed by atoms with Crippen molar-refractivity contribution in [2.75, 3.05) is 6.54 Å². The van der Waals surface area contributed by atoms with Crippen molar-refractivity contribution in [3.05, 3.63) is 59.7 Å². The summed E-state index contributed by atoms with van der Waals surface area (Å²) in [6, 6.07) is 10.0. The van der Waals surface area contributed by atoms with Crippen molar-refractivity contribution in [2.24, 2.45) is 0 Å². The summed E-state index contributed by atoms with van der Waals surface area (Å²) in [5.74, 6) is -0.728. The third kappa shape index (κ3) is 2.83. The molecule has 1 aliphatic heterocycles. The zero-order valence-corrected chi connectivity index (χ0v) is 13.0. The first-order valence-corrected chi connectivity index (χ1v) is 8.60. The third-order valence-corrected chi connectivity index (χ3v) is 5.80. The first kappa shape index (κ1) is 15.6. The number of nitriles is 1.